The van der Waals surface area contributed by atoms with Crippen LogP contribution in [0.3, 0.4) is 0 Å². The number of aryl methyl sites for hydroxylation is 2. The summed E-state index contributed by atoms with van der Waals surface area (Å²) in [5, 5.41) is 11.7. The zero-order valence-electron chi connectivity index (χ0n) is 11.9. The Kier molecular flexibility index (Phi) is 5.10. The normalized spacial score (nSPS) is 12.3. The topological polar surface area (TPSA) is 66.4 Å². The monoisotopic (exact) mass is 263 g/mol. The first-order valence-electron chi connectivity index (χ1n) is 6.42. The first-order chi connectivity index (χ1) is 8.81. The summed E-state index contributed by atoms with van der Waals surface area (Å²) >= 11 is 0. The van der Waals surface area contributed by atoms with Crippen molar-refractivity contribution >= 4 is 11.9 Å². The van der Waals surface area contributed by atoms with Crippen LogP contribution in [-0.2, 0) is 4.79 Å². The molecule has 1 unspecified atom stereocenters. The Labute approximate surface area is 113 Å². The highest BCUT2D eigenvalue weighted by Gasteiger charge is 2.22. The van der Waals surface area contributed by atoms with Crippen molar-refractivity contribution < 1.29 is 14.7 Å². The molecule has 0 spiro atoms. The van der Waals surface area contributed by atoms with Gasteiger partial charge in [0.2, 0.25) is 0 Å². The summed E-state index contributed by atoms with van der Waals surface area (Å²) in [7, 11) is 0. The van der Waals surface area contributed by atoms with Gasteiger partial charge < -0.3 is 10.4 Å². The number of hydrogen-bond acceptors (Lipinski definition) is 2. The van der Waals surface area contributed by atoms with Gasteiger partial charge in [-0.25, -0.2) is 4.79 Å². The minimum absolute atomic E-state index is 0.208. The first kappa shape index (κ1) is 15.2. The molecular formula is C15H21NO3. The smallest absolute Gasteiger partial charge is 0.326 e. The highest BCUT2D eigenvalue weighted by Crippen LogP contribution is 2.12. The predicted molar refractivity (Wildman–Crippen MR) is 74.3 cm³/mol. The lowest BCUT2D eigenvalue weighted by Gasteiger charge is -2.17. The van der Waals surface area contributed by atoms with Crippen molar-refractivity contribution in [2.24, 2.45) is 5.92 Å². The first-order valence-corrected chi connectivity index (χ1v) is 6.42. The Morgan fingerprint density at radius 1 is 1.26 bits per heavy atom. The van der Waals surface area contributed by atoms with Crippen molar-refractivity contribution in [3.63, 3.8) is 0 Å². The van der Waals surface area contributed by atoms with E-state index >= 15 is 0 Å². The van der Waals surface area contributed by atoms with Crippen LogP contribution in [0.15, 0.2) is 18.2 Å². The molecule has 0 aliphatic rings. The fourth-order valence-electron chi connectivity index (χ4n) is 1.91. The zero-order chi connectivity index (χ0) is 14.6. The molecule has 0 radical (unpaired) electrons. The van der Waals surface area contributed by atoms with Gasteiger partial charge in [-0.3, -0.25) is 4.79 Å². The second-order valence-electron chi connectivity index (χ2n) is 5.31. The number of hydrogen-bond donors (Lipinski definition) is 2. The van der Waals surface area contributed by atoms with Gasteiger partial charge in [0.05, 0.1) is 0 Å². The molecule has 19 heavy (non-hydrogen) atoms. The minimum Gasteiger partial charge on any atom is -0.480 e. The van der Waals surface area contributed by atoms with Gasteiger partial charge in [-0.05, 0) is 37.8 Å². The summed E-state index contributed by atoms with van der Waals surface area (Å²) in [6, 6.07) is 4.73. The van der Waals surface area contributed by atoms with Gasteiger partial charge in [0, 0.05) is 5.56 Å². The van der Waals surface area contributed by atoms with Crippen molar-refractivity contribution in [2.75, 3.05) is 0 Å². The molecule has 1 aromatic carbocycles. The number of carbonyl (C=O) groups excluding carboxylic acids is 1. The molecular weight excluding hydrogens is 242 g/mol. The van der Waals surface area contributed by atoms with Crippen LogP contribution in [0.5, 0.6) is 0 Å². The standard InChI is InChI=1S/C15H21NO3/c1-9(2)7-13(15(18)19)16-14(17)12-8-10(3)5-6-11(12)4/h5-6,8-9,13H,7H2,1-4H3,(H,16,17)(H,18,19). The number of carboxylic acid groups (broad SMARTS) is 1. The molecule has 0 saturated carbocycles. The van der Waals surface area contributed by atoms with Crippen molar-refractivity contribution in [1.82, 2.24) is 5.32 Å². The van der Waals surface area contributed by atoms with Gasteiger partial charge in [0.1, 0.15) is 6.04 Å². The molecule has 0 saturated heterocycles. The lowest BCUT2D eigenvalue weighted by Crippen LogP contribution is -2.41. The van der Waals surface area contributed by atoms with Gasteiger partial charge >= 0.3 is 5.97 Å². The number of amides is 1. The molecule has 4 nitrogen and oxygen atoms in total. The van der Waals surface area contributed by atoms with E-state index in [1.165, 1.54) is 0 Å². The molecule has 1 aromatic rings. The number of benzene rings is 1. The number of nitrogens with one attached hydrogen (secondary N) is 1. The molecule has 1 rings (SSSR count). The van der Waals surface area contributed by atoms with E-state index in [1.54, 1.807) is 6.07 Å². The molecule has 2 N–H and O–H groups in total. The van der Waals surface area contributed by atoms with Crippen LogP contribution in [-0.4, -0.2) is 23.0 Å². The third kappa shape index (κ3) is 4.39. The van der Waals surface area contributed by atoms with Crippen LogP contribution < -0.4 is 5.32 Å². The van der Waals surface area contributed by atoms with Crippen molar-refractivity contribution in [3.8, 4) is 0 Å². The lowest BCUT2D eigenvalue weighted by atomic mass is 10.0. The van der Waals surface area contributed by atoms with E-state index in [0.717, 1.165) is 11.1 Å². The van der Waals surface area contributed by atoms with Crippen LogP contribution in [0, 0.1) is 19.8 Å². The van der Waals surface area contributed by atoms with E-state index in [9.17, 15) is 9.59 Å². The largest absolute Gasteiger partial charge is 0.480 e. The number of carbonyl (C=O) groups is 2. The Bertz CT molecular complexity index is 480. The van der Waals surface area contributed by atoms with Crippen LogP contribution in [0.2, 0.25) is 0 Å². The van der Waals surface area contributed by atoms with Crippen LogP contribution >= 0.6 is 0 Å². The van der Waals surface area contributed by atoms with Gasteiger partial charge in [-0.1, -0.05) is 31.5 Å². The average Bonchev–Trinajstić information content (AvgIpc) is 2.30. The van der Waals surface area contributed by atoms with Gasteiger partial charge in [0.15, 0.2) is 0 Å². The SMILES string of the molecule is Cc1ccc(C)c(C(=O)NC(CC(C)C)C(=O)O)c1. The maximum Gasteiger partial charge on any atom is 0.326 e. The van der Waals surface area contributed by atoms with Crippen molar-refractivity contribution in [1.29, 1.82) is 0 Å². The third-order valence-corrected chi connectivity index (χ3v) is 2.95. The summed E-state index contributed by atoms with van der Waals surface area (Å²) in [5.41, 5.74) is 2.36. The summed E-state index contributed by atoms with van der Waals surface area (Å²) in [5.74, 6) is -1.11. The summed E-state index contributed by atoms with van der Waals surface area (Å²) in [6.45, 7) is 7.60. The average molecular weight is 263 g/mol. The molecule has 0 aliphatic heterocycles. The highest BCUT2D eigenvalue weighted by molar-refractivity contribution is 5.97. The van der Waals surface area contributed by atoms with E-state index in [4.69, 9.17) is 5.11 Å². The maximum atomic E-state index is 12.1. The number of carboxylic acids is 1. The van der Waals surface area contributed by atoms with Crippen LogP contribution in [0.1, 0.15) is 41.8 Å². The molecule has 1 amide bonds. The Balaban J connectivity index is 2.87. The van der Waals surface area contributed by atoms with Crippen molar-refractivity contribution in [3.05, 3.63) is 34.9 Å². The molecule has 0 fully saturated rings. The molecule has 4 heteroatoms. The third-order valence-electron chi connectivity index (χ3n) is 2.95. The Morgan fingerprint density at radius 3 is 2.42 bits per heavy atom. The van der Waals surface area contributed by atoms with Gasteiger partial charge in [-0.15, -0.1) is 0 Å². The zero-order valence-corrected chi connectivity index (χ0v) is 11.9. The number of rotatable bonds is 5. The minimum atomic E-state index is -0.993. The molecule has 0 aromatic heterocycles. The fraction of sp³-hybridized carbons (Fsp3) is 0.467. The summed E-state index contributed by atoms with van der Waals surface area (Å²) in [4.78, 5) is 23.3. The van der Waals surface area contributed by atoms with Gasteiger partial charge in [-0.2, -0.15) is 0 Å². The van der Waals surface area contributed by atoms with E-state index in [1.807, 2.05) is 39.8 Å². The number of aliphatic carboxylic acids is 1. The maximum absolute atomic E-state index is 12.1. The highest BCUT2D eigenvalue weighted by atomic mass is 16.4. The van der Waals surface area contributed by atoms with E-state index in [2.05, 4.69) is 5.32 Å². The molecule has 104 valence electrons. The predicted octanol–water partition coefficient (Wildman–Crippen LogP) is 2.53. The van der Waals surface area contributed by atoms with E-state index in [0.29, 0.717) is 12.0 Å². The molecule has 0 bridgehead atoms. The fourth-order valence-corrected chi connectivity index (χ4v) is 1.91. The van der Waals surface area contributed by atoms with E-state index < -0.39 is 12.0 Å². The second-order valence-corrected chi connectivity index (χ2v) is 5.31. The summed E-state index contributed by atoms with van der Waals surface area (Å²) in [6.07, 6.45) is 0.423. The van der Waals surface area contributed by atoms with Crippen molar-refractivity contribution in [2.45, 2.75) is 40.2 Å². The molecule has 0 heterocycles. The summed E-state index contributed by atoms with van der Waals surface area (Å²) < 4.78 is 0. The Morgan fingerprint density at radius 2 is 1.89 bits per heavy atom. The molecule has 0 aliphatic carbocycles. The second kappa shape index (κ2) is 6.36. The van der Waals surface area contributed by atoms with E-state index in [-0.39, 0.29) is 11.8 Å². The Hall–Kier alpha value is -1.84. The van der Waals surface area contributed by atoms with Gasteiger partial charge in [0.25, 0.3) is 5.91 Å². The molecule has 1 atom stereocenters. The lowest BCUT2D eigenvalue weighted by molar-refractivity contribution is -0.139. The van der Waals surface area contributed by atoms with Crippen LogP contribution in [0.4, 0.5) is 0 Å². The quantitative estimate of drug-likeness (QED) is 0.858. The van der Waals surface area contributed by atoms with Crippen LogP contribution in [0.25, 0.3) is 0 Å².